The molecule has 3 aliphatic rings. The smallest absolute Gasteiger partial charge is 0.231 e. The van der Waals surface area contributed by atoms with Gasteiger partial charge in [-0.2, -0.15) is 0 Å². The Morgan fingerprint density at radius 2 is 2.21 bits per heavy atom. The van der Waals surface area contributed by atoms with E-state index in [1.807, 2.05) is 11.0 Å². The summed E-state index contributed by atoms with van der Waals surface area (Å²) in [6, 6.07) is 4.51. The van der Waals surface area contributed by atoms with Gasteiger partial charge in [0.1, 0.15) is 0 Å². The number of hydrogen-bond acceptors (Lipinski definition) is 3. The van der Waals surface area contributed by atoms with E-state index in [0.717, 1.165) is 43.7 Å². The van der Waals surface area contributed by atoms with Crippen LogP contribution in [0.4, 0.5) is 0 Å². The highest BCUT2D eigenvalue weighted by Gasteiger charge is 2.37. The van der Waals surface area contributed by atoms with E-state index in [-0.39, 0.29) is 0 Å². The van der Waals surface area contributed by atoms with E-state index in [1.54, 1.807) is 0 Å². The van der Waals surface area contributed by atoms with Crippen LogP contribution < -0.4 is 9.47 Å². The average Bonchev–Trinajstić information content (AvgIpc) is 2.93. The quantitative estimate of drug-likeness (QED) is 0.721. The molecule has 0 spiro atoms. The number of hydrogen-bond donors (Lipinski definition) is 0. The molecule has 2 unspecified atom stereocenters. The Kier molecular flexibility index (Phi) is 2.43. The third kappa shape index (κ3) is 1.62. The largest absolute Gasteiger partial charge is 0.454 e. The van der Waals surface area contributed by atoms with Gasteiger partial charge in [-0.05, 0) is 43.2 Å². The Bertz CT molecular complexity index is 528. The van der Waals surface area contributed by atoms with Crippen molar-refractivity contribution in [2.75, 3.05) is 13.3 Å². The summed E-state index contributed by atoms with van der Waals surface area (Å²) in [6.45, 7) is 1.24. The van der Waals surface area contributed by atoms with Crippen molar-refractivity contribution in [2.45, 2.75) is 31.7 Å². The Hall–Kier alpha value is -1.71. The molecule has 1 fully saturated rings. The molecule has 4 nitrogen and oxygen atoms in total. The molecule has 2 atom stereocenters. The predicted octanol–water partition coefficient (Wildman–Crippen LogP) is 1.75. The van der Waals surface area contributed by atoms with Crippen LogP contribution >= 0.6 is 0 Å². The number of amides is 1. The number of piperidine rings is 1. The third-order valence-corrected chi connectivity index (χ3v) is 4.73. The summed E-state index contributed by atoms with van der Waals surface area (Å²) in [7, 11) is 0. The lowest BCUT2D eigenvalue weighted by Gasteiger charge is -2.43. The molecule has 1 amide bonds. The van der Waals surface area contributed by atoms with Gasteiger partial charge < -0.3 is 14.4 Å². The topological polar surface area (TPSA) is 38.8 Å². The lowest BCUT2D eigenvalue weighted by Crippen LogP contribution is -2.48. The van der Waals surface area contributed by atoms with Gasteiger partial charge in [-0.25, -0.2) is 0 Å². The minimum Gasteiger partial charge on any atom is -0.454 e. The summed E-state index contributed by atoms with van der Waals surface area (Å²) >= 11 is 0. The molecule has 0 aromatic heterocycles. The van der Waals surface area contributed by atoms with E-state index < -0.39 is 0 Å². The normalized spacial score (nSPS) is 27.7. The number of carbonyl (C=O) groups excluding carboxylic acids is 1. The summed E-state index contributed by atoms with van der Waals surface area (Å²) in [4.78, 5) is 13.2. The average molecular weight is 259 g/mol. The molecular formula is C15H17NO3. The molecule has 0 bridgehead atoms. The molecule has 0 saturated carbocycles. The van der Waals surface area contributed by atoms with Crippen LogP contribution in [0.25, 0.3) is 0 Å². The molecule has 0 radical (unpaired) electrons. The molecule has 19 heavy (non-hydrogen) atoms. The highest BCUT2D eigenvalue weighted by atomic mass is 16.7. The second-order valence-corrected chi connectivity index (χ2v) is 5.66. The zero-order valence-corrected chi connectivity index (χ0v) is 10.8. The van der Waals surface area contributed by atoms with Crippen molar-refractivity contribution in [3.63, 3.8) is 0 Å². The van der Waals surface area contributed by atoms with Crippen LogP contribution in [-0.2, 0) is 17.6 Å². The van der Waals surface area contributed by atoms with Gasteiger partial charge in [0.2, 0.25) is 13.2 Å². The zero-order chi connectivity index (χ0) is 12.8. The third-order valence-electron chi connectivity index (χ3n) is 4.73. The Balaban J connectivity index is 1.73. The Morgan fingerprint density at radius 3 is 3.11 bits per heavy atom. The van der Waals surface area contributed by atoms with Crippen molar-refractivity contribution in [1.29, 1.82) is 0 Å². The lowest BCUT2D eigenvalue weighted by molar-refractivity contribution is -0.123. The molecule has 2 heterocycles. The van der Waals surface area contributed by atoms with Crippen molar-refractivity contribution in [2.24, 2.45) is 5.92 Å². The number of fused-ring (bicyclic) bond motifs is 4. The van der Waals surface area contributed by atoms with Gasteiger partial charge in [0.15, 0.2) is 11.5 Å². The van der Waals surface area contributed by atoms with Gasteiger partial charge in [0.25, 0.3) is 0 Å². The summed E-state index contributed by atoms with van der Waals surface area (Å²) in [5, 5.41) is 0. The van der Waals surface area contributed by atoms with Crippen LogP contribution in [0.3, 0.4) is 0 Å². The first-order chi connectivity index (χ1) is 9.36. The van der Waals surface area contributed by atoms with Crippen molar-refractivity contribution in [1.82, 2.24) is 4.90 Å². The molecule has 1 saturated heterocycles. The highest BCUT2D eigenvalue weighted by molar-refractivity contribution is 5.55. The van der Waals surface area contributed by atoms with E-state index in [2.05, 4.69) is 6.07 Å². The Morgan fingerprint density at radius 1 is 1.26 bits per heavy atom. The van der Waals surface area contributed by atoms with E-state index in [9.17, 15) is 4.79 Å². The van der Waals surface area contributed by atoms with E-state index in [0.29, 0.717) is 18.8 Å². The molecule has 0 N–H and O–H groups in total. The van der Waals surface area contributed by atoms with Crippen molar-refractivity contribution < 1.29 is 14.3 Å². The van der Waals surface area contributed by atoms with Crippen LogP contribution in [0.5, 0.6) is 11.5 Å². The lowest BCUT2D eigenvalue weighted by atomic mass is 9.75. The number of benzene rings is 1. The fourth-order valence-electron chi connectivity index (χ4n) is 3.79. The predicted molar refractivity (Wildman–Crippen MR) is 69.3 cm³/mol. The monoisotopic (exact) mass is 259 g/mol. The maximum absolute atomic E-state index is 11.2. The van der Waals surface area contributed by atoms with Crippen LogP contribution in [-0.4, -0.2) is 30.7 Å². The molecule has 4 heteroatoms. The molecule has 100 valence electrons. The SMILES string of the molecule is O=CN1CCCC2Cc3c(ccc4c3OCO4)CC21. The second kappa shape index (κ2) is 4.15. The highest BCUT2D eigenvalue weighted by Crippen LogP contribution is 2.44. The summed E-state index contributed by atoms with van der Waals surface area (Å²) < 4.78 is 11.1. The fourth-order valence-corrected chi connectivity index (χ4v) is 3.79. The molecule has 1 aromatic carbocycles. The van der Waals surface area contributed by atoms with Crippen LogP contribution in [0, 0.1) is 5.92 Å². The fraction of sp³-hybridized carbons (Fsp3) is 0.533. The van der Waals surface area contributed by atoms with Crippen molar-refractivity contribution in [3.05, 3.63) is 23.3 Å². The van der Waals surface area contributed by atoms with E-state index >= 15 is 0 Å². The summed E-state index contributed by atoms with van der Waals surface area (Å²) in [6.07, 6.45) is 5.31. The van der Waals surface area contributed by atoms with Crippen molar-refractivity contribution in [3.8, 4) is 11.5 Å². The van der Waals surface area contributed by atoms with Crippen LogP contribution in [0.2, 0.25) is 0 Å². The number of nitrogens with zero attached hydrogens (tertiary/aromatic N) is 1. The van der Waals surface area contributed by atoms with E-state index in [1.165, 1.54) is 17.5 Å². The summed E-state index contributed by atoms with van der Waals surface area (Å²) in [5.74, 6) is 2.39. The Labute approximate surface area is 112 Å². The van der Waals surface area contributed by atoms with Gasteiger partial charge in [-0.1, -0.05) is 6.07 Å². The number of ether oxygens (including phenoxy) is 2. The van der Waals surface area contributed by atoms with Crippen LogP contribution in [0.15, 0.2) is 12.1 Å². The maximum atomic E-state index is 11.2. The number of rotatable bonds is 1. The molecule has 4 rings (SSSR count). The standard InChI is InChI=1S/C15H17NO3/c17-8-16-5-1-2-11-6-12-10(7-13(11)16)3-4-14-15(12)19-9-18-14/h3-4,8,11,13H,1-2,5-7,9H2. The van der Waals surface area contributed by atoms with Gasteiger partial charge in [0.05, 0.1) is 0 Å². The number of likely N-dealkylation sites (tertiary alicyclic amines) is 1. The molecule has 1 aliphatic carbocycles. The minimum atomic E-state index is 0.334. The van der Waals surface area contributed by atoms with Gasteiger partial charge in [0, 0.05) is 18.2 Å². The van der Waals surface area contributed by atoms with Gasteiger partial charge in [-0.3, -0.25) is 4.79 Å². The first kappa shape index (κ1) is 11.1. The zero-order valence-electron chi connectivity index (χ0n) is 10.8. The van der Waals surface area contributed by atoms with Gasteiger partial charge >= 0.3 is 0 Å². The summed E-state index contributed by atoms with van der Waals surface area (Å²) in [5.41, 5.74) is 2.63. The maximum Gasteiger partial charge on any atom is 0.231 e. The molecule has 2 aliphatic heterocycles. The minimum absolute atomic E-state index is 0.334. The van der Waals surface area contributed by atoms with Crippen LogP contribution in [0.1, 0.15) is 24.0 Å². The van der Waals surface area contributed by atoms with E-state index in [4.69, 9.17) is 9.47 Å². The molecule has 1 aromatic rings. The number of carbonyl (C=O) groups is 1. The van der Waals surface area contributed by atoms with Gasteiger partial charge in [-0.15, -0.1) is 0 Å². The molecular weight excluding hydrogens is 242 g/mol. The first-order valence-electron chi connectivity index (χ1n) is 6.98. The van der Waals surface area contributed by atoms with Crippen molar-refractivity contribution >= 4 is 6.41 Å². The second-order valence-electron chi connectivity index (χ2n) is 5.66. The first-order valence-corrected chi connectivity index (χ1v) is 6.98.